The normalized spacial score (nSPS) is 11.5. The zero-order chi connectivity index (χ0) is 20.6. The molecule has 29 heavy (non-hydrogen) atoms. The van der Waals surface area contributed by atoms with Gasteiger partial charge in [-0.15, -0.1) is 0 Å². The first-order valence-corrected chi connectivity index (χ1v) is 10.4. The van der Waals surface area contributed by atoms with Crippen LogP contribution >= 0.6 is 0 Å². The number of aromatic amines is 1. The third-order valence-corrected chi connectivity index (χ3v) is 5.42. The van der Waals surface area contributed by atoms with Crippen LogP contribution in [0.3, 0.4) is 0 Å². The smallest absolute Gasteiger partial charge is 0.261 e. The van der Waals surface area contributed by atoms with Gasteiger partial charge in [0.2, 0.25) is 0 Å². The van der Waals surface area contributed by atoms with E-state index in [9.17, 15) is 18.0 Å². The Kier molecular flexibility index (Phi) is 4.47. The van der Waals surface area contributed by atoms with Gasteiger partial charge in [0.05, 0.1) is 28.8 Å². The van der Waals surface area contributed by atoms with E-state index >= 15 is 0 Å². The zero-order valence-electron chi connectivity index (χ0n) is 15.2. The lowest BCUT2D eigenvalue weighted by atomic mass is 10.2. The van der Waals surface area contributed by atoms with E-state index in [-0.39, 0.29) is 10.5 Å². The monoisotopic (exact) mass is 409 g/mol. The molecule has 2 heterocycles. The van der Waals surface area contributed by atoms with Crippen molar-refractivity contribution in [2.24, 2.45) is 0 Å². The number of carbonyl (C=O) groups excluding carboxylic acids is 1. The number of hydrogen-bond acceptors (Lipinski definition) is 6. The number of fused-ring (bicyclic) bond motifs is 1. The fraction of sp³-hybridized carbons (Fsp3) is 0.0526. The molecule has 0 spiro atoms. The van der Waals surface area contributed by atoms with Crippen molar-refractivity contribution in [1.82, 2.24) is 19.7 Å². The Balaban J connectivity index is 1.69. The van der Waals surface area contributed by atoms with Gasteiger partial charge in [0.15, 0.2) is 15.5 Å². The highest BCUT2D eigenvalue weighted by atomic mass is 32.2. The van der Waals surface area contributed by atoms with Crippen LogP contribution in [0.15, 0.2) is 70.7 Å². The molecule has 0 aliphatic heterocycles. The van der Waals surface area contributed by atoms with E-state index in [0.29, 0.717) is 28.0 Å². The van der Waals surface area contributed by atoms with E-state index in [1.54, 1.807) is 24.3 Å². The summed E-state index contributed by atoms with van der Waals surface area (Å²) in [4.78, 5) is 31.3. The Morgan fingerprint density at radius 3 is 2.55 bits per heavy atom. The summed E-state index contributed by atoms with van der Waals surface area (Å²) in [7, 11) is -3.34. The van der Waals surface area contributed by atoms with Gasteiger partial charge in [-0.2, -0.15) is 5.10 Å². The molecule has 4 rings (SSSR count). The molecule has 2 aromatic carbocycles. The highest BCUT2D eigenvalue weighted by Gasteiger charge is 2.15. The number of para-hydroxylation sites is 2. The second-order valence-corrected chi connectivity index (χ2v) is 8.31. The number of rotatable bonds is 4. The lowest BCUT2D eigenvalue weighted by molar-refractivity contribution is 0.102. The van der Waals surface area contributed by atoms with E-state index in [1.165, 1.54) is 41.5 Å². The van der Waals surface area contributed by atoms with Gasteiger partial charge >= 0.3 is 0 Å². The summed E-state index contributed by atoms with van der Waals surface area (Å²) in [6.45, 7) is 0. The maximum absolute atomic E-state index is 12.7. The van der Waals surface area contributed by atoms with Crippen molar-refractivity contribution in [3.8, 4) is 5.69 Å². The molecule has 0 atom stereocenters. The van der Waals surface area contributed by atoms with Gasteiger partial charge in [-0.3, -0.25) is 9.59 Å². The topological polar surface area (TPSA) is 127 Å². The third-order valence-electron chi connectivity index (χ3n) is 4.30. The summed E-state index contributed by atoms with van der Waals surface area (Å²) in [6.07, 6.45) is 3.79. The van der Waals surface area contributed by atoms with Crippen LogP contribution in [0.5, 0.6) is 0 Å². The number of hydrogen-bond donors (Lipinski definition) is 2. The van der Waals surface area contributed by atoms with Crippen molar-refractivity contribution in [2.75, 3.05) is 11.6 Å². The number of nitrogens with one attached hydrogen (secondary N) is 2. The predicted molar refractivity (Wildman–Crippen MR) is 107 cm³/mol. The van der Waals surface area contributed by atoms with Crippen LogP contribution < -0.4 is 10.9 Å². The molecule has 0 unspecified atom stereocenters. The van der Waals surface area contributed by atoms with Gasteiger partial charge < -0.3 is 10.3 Å². The van der Waals surface area contributed by atoms with Crippen molar-refractivity contribution < 1.29 is 13.2 Å². The number of benzene rings is 2. The number of amides is 1. The minimum absolute atomic E-state index is 0.133. The van der Waals surface area contributed by atoms with Gasteiger partial charge in [0.1, 0.15) is 5.39 Å². The van der Waals surface area contributed by atoms with Gasteiger partial charge in [-0.25, -0.2) is 18.1 Å². The summed E-state index contributed by atoms with van der Waals surface area (Å²) in [5.41, 5.74) is 1.33. The van der Waals surface area contributed by atoms with E-state index in [1.807, 2.05) is 0 Å². The average Bonchev–Trinajstić information content (AvgIpc) is 3.13. The molecule has 10 heteroatoms. The summed E-state index contributed by atoms with van der Waals surface area (Å²) < 4.78 is 24.6. The minimum Gasteiger partial charge on any atom is -0.320 e. The van der Waals surface area contributed by atoms with Crippen LogP contribution in [-0.2, 0) is 9.84 Å². The Bertz CT molecular complexity index is 1390. The molecule has 1 amide bonds. The maximum atomic E-state index is 12.7. The lowest BCUT2D eigenvalue weighted by Crippen LogP contribution is -2.14. The molecule has 9 nitrogen and oxygen atoms in total. The number of nitrogens with zero attached hydrogens (tertiary/aromatic N) is 3. The van der Waals surface area contributed by atoms with Gasteiger partial charge in [0.25, 0.3) is 11.5 Å². The van der Waals surface area contributed by atoms with Crippen LogP contribution in [0.4, 0.5) is 5.69 Å². The molecule has 0 bridgehead atoms. The van der Waals surface area contributed by atoms with Crippen LogP contribution in [0.1, 0.15) is 10.4 Å². The fourth-order valence-corrected chi connectivity index (χ4v) is 3.47. The molecule has 2 N–H and O–H groups in total. The second-order valence-electron chi connectivity index (χ2n) is 6.29. The van der Waals surface area contributed by atoms with E-state index in [2.05, 4.69) is 20.4 Å². The summed E-state index contributed by atoms with van der Waals surface area (Å²) in [6, 6.07) is 12.6. The maximum Gasteiger partial charge on any atom is 0.261 e. The molecule has 4 aromatic rings. The summed E-state index contributed by atoms with van der Waals surface area (Å²) >= 11 is 0. The molecule has 0 saturated heterocycles. The Morgan fingerprint density at radius 1 is 1.10 bits per heavy atom. The second kappa shape index (κ2) is 6.99. The number of anilines is 1. The first-order valence-electron chi connectivity index (χ1n) is 8.47. The Hall–Kier alpha value is -3.79. The molecule has 2 aromatic heterocycles. The Morgan fingerprint density at radius 2 is 1.83 bits per heavy atom. The van der Waals surface area contributed by atoms with Crippen molar-refractivity contribution in [2.45, 2.75) is 4.90 Å². The molecular weight excluding hydrogens is 394 g/mol. The quantitative estimate of drug-likeness (QED) is 0.529. The predicted octanol–water partition coefficient (Wildman–Crippen LogP) is 1.76. The fourth-order valence-electron chi connectivity index (χ4n) is 2.84. The van der Waals surface area contributed by atoms with E-state index in [0.717, 1.165) is 6.26 Å². The molecule has 0 fully saturated rings. The van der Waals surface area contributed by atoms with Gasteiger partial charge in [-0.05, 0) is 36.4 Å². The largest absolute Gasteiger partial charge is 0.320 e. The molecule has 0 radical (unpaired) electrons. The van der Waals surface area contributed by atoms with Crippen LogP contribution in [0.25, 0.3) is 16.7 Å². The molecule has 0 aliphatic rings. The first-order chi connectivity index (χ1) is 13.8. The van der Waals surface area contributed by atoms with Crippen LogP contribution in [0, 0.1) is 0 Å². The zero-order valence-corrected chi connectivity index (χ0v) is 16.0. The first kappa shape index (κ1) is 18.6. The van der Waals surface area contributed by atoms with Gasteiger partial charge in [-0.1, -0.05) is 12.1 Å². The van der Waals surface area contributed by atoms with Crippen molar-refractivity contribution >= 4 is 32.5 Å². The van der Waals surface area contributed by atoms with Crippen LogP contribution in [-0.4, -0.2) is 40.3 Å². The van der Waals surface area contributed by atoms with Crippen molar-refractivity contribution in [3.63, 3.8) is 0 Å². The average molecular weight is 409 g/mol. The van der Waals surface area contributed by atoms with Crippen LogP contribution in [0.2, 0.25) is 0 Å². The summed E-state index contributed by atoms with van der Waals surface area (Å²) in [5, 5.41) is 7.34. The third kappa shape index (κ3) is 3.52. The van der Waals surface area contributed by atoms with E-state index < -0.39 is 15.7 Å². The standard InChI is InChI=1S/C19H15N5O4S/c1-29(27,28)13-8-6-12(7-9-13)18(25)23-15-4-2-3-5-16(15)24-17-14(10-22-24)19(26)21-11-20-17/h2-11H,1H3,(H,23,25)(H,20,21,26). The van der Waals surface area contributed by atoms with Gasteiger partial charge in [0, 0.05) is 11.8 Å². The van der Waals surface area contributed by atoms with E-state index in [4.69, 9.17) is 0 Å². The number of carbonyl (C=O) groups is 1. The highest BCUT2D eigenvalue weighted by molar-refractivity contribution is 7.90. The number of sulfone groups is 1. The molecular formula is C19H15N5O4S. The summed E-state index contributed by atoms with van der Waals surface area (Å²) in [5.74, 6) is -0.417. The Labute approximate surface area is 165 Å². The SMILES string of the molecule is CS(=O)(=O)c1ccc(C(=O)Nc2ccccc2-n2ncc3c(=O)[nH]cnc32)cc1. The molecule has 0 saturated carbocycles. The highest BCUT2D eigenvalue weighted by Crippen LogP contribution is 2.23. The lowest BCUT2D eigenvalue weighted by Gasteiger charge is -2.11. The van der Waals surface area contributed by atoms with Crippen molar-refractivity contribution in [1.29, 1.82) is 0 Å². The molecule has 0 aliphatic carbocycles. The molecule has 146 valence electrons. The minimum atomic E-state index is -3.34. The van der Waals surface area contributed by atoms with Crippen molar-refractivity contribution in [3.05, 3.63) is 77.0 Å². The number of H-pyrrole nitrogens is 1. The number of aromatic nitrogens is 4.